The molecule has 0 radical (unpaired) electrons. The first kappa shape index (κ1) is 17.7. The van der Waals surface area contributed by atoms with Gasteiger partial charge in [0.2, 0.25) is 0 Å². The van der Waals surface area contributed by atoms with Crippen molar-refractivity contribution in [2.75, 3.05) is 20.3 Å². The highest BCUT2D eigenvalue weighted by Crippen LogP contribution is 2.35. The largest absolute Gasteiger partial charge is 0.504 e. The van der Waals surface area contributed by atoms with Gasteiger partial charge < -0.3 is 24.8 Å². The van der Waals surface area contributed by atoms with Gasteiger partial charge in [-0.2, -0.15) is 0 Å². The fraction of sp³-hybridized carbons (Fsp3) is 0.412. The number of aromatic hydroxyl groups is 1. The Morgan fingerprint density at radius 3 is 2.67 bits per heavy atom. The summed E-state index contributed by atoms with van der Waals surface area (Å²) in [6.45, 7) is 5.84. The summed E-state index contributed by atoms with van der Waals surface area (Å²) in [7, 11) is 1.59. The van der Waals surface area contributed by atoms with Crippen LogP contribution in [-0.4, -0.2) is 42.3 Å². The van der Waals surface area contributed by atoms with Crippen molar-refractivity contribution in [2.45, 2.75) is 26.8 Å². The summed E-state index contributed by atoms with van der Waals surface area (Å²) in [5, 5.41) is 12.6. The molecule has 0 saturated heterocycles. The Morgan fingerprint density at radius 1 is 1.33 bits per heavy atom. The van der Waals surface area contributed by atoms with Crippen LogP contribution in [0.15, 0.2) is 29.5 Å². The molecule has 24 heavy (non-hydrogen) atoms. The zero-order valence-corrected chi connectivity index (χ0v) is 14.3. The lowest BCUT2D eigenvalue weighted by Gasteiger charge is -2.33. The monoisotopic (exact) mass is 334 g/mol. The Kier molecular flexibility index (Phi) is 5.33. The molecule has 0 spiro atoms. The van der Waals surface area contributed by atoms with Gasteiger partial charge in [-0.15, -0.1) is 0 Å². The second kappa shape index (κ2) is 7.25. The third kappa shape index (κ3) is 3.29. The number of carbonyl (C=O) groups is 2. The summed E-state index contributed by atoms with van der Waals surface area (Å²) in [6.07, 6.45) is 0. The molecule has 0 fully saturated rings. The quantitative estimate of drug-likeness (QED) is 0.807. The van der Waals surface area contributed by atoms with Crippen molar-refractivity contribution in [3.8, 4) is 11.5 Å². The van der Waals surface area contributed by atoms with Crippen molar-refractivity contribution >= 4 is 12.0 Å². The average Bonchev–Trinajstić information content (AvgIpc) is 2.54. The van der Waals surface area contributed by atoms with Crippen molar-refractivity contribution in [1.82, 2.24) is 10.2 Å². The van der Waals surface area contributed by atoms with E-state index < -0.39 is 12.0 Å². The lowest BCUT2D eigenvalue weighted by Crippen LogP contribution is -2.46. The first-order chi connectivity index (χ1) is 11.4. The molecule has 0 aromatic heterocycles. The smallest absolute Gasteiger partial charge is 0.338 e. The van der Waals surface area contributed by atoms with E-state index in [4.69, 9.17) is 9.47 Å². The molecule has 1 heterocycles. The number of phenolic OH excluding ortho intramolecular Hbond substituents is 1. The Balaban J connectivity index is 2.51. The van der Waals surface area contributed by atoms with E-state index in [1.54, 1.807) is 40.0 Å². The van der Waals surface area contributed by atoms with Gasteiger partial charge in [-0.3, -0.25) is 0 Å². The highest BCUT2D eigenvalue weighted by Gasteiger charge is 2.35. The summed E-state index contributed by atoms with van der Waals surface area (Å²) in [5.41, 5.74) is 1.50. The number of hydrogen-bond acceptors (Lipinski definition) is 5. The molecule has 1 aromatic carbocycles. The van der Waals surface area contributed by atoms with E-state index in [0.717, 1.165) is 0 Å². The minimum Gasteiger partial charge on any atom is -0.504 e. The molecule has 1 aromatic rings. The maximum atomic E-state index is 12.4. The minimum absolute atomic E-state index is 0.00163. The summed E-state index contributed by atoms with van der Waals surface area (Å²) in [4.78, 5) is 25.9. The van der Waals surface area contributed by atoms with E-state index >= 15 is 0 Å². The number of rotatable bonds is 5. The summed E-state index contributed by atoms with van der Waals surface area (Å²) >= 11 is 0. The van der Waals surface area contributed by atoms with Crippen LogP contribution in [-0.2, 0) is 9.53 Å². The van der Waals surface area contributed by atoms with Gasteiger partial charge in [0.05, 0.1) is 24.8 Å². The average molecular weight is 334 g/mol. The topological polar surface area (TPSA) is 88.1 Å². The number of carbonyl (C=O) groups excluding carboxylic acids is 2. The first-order valence-corrected chi connectivity index (χ1v) is 7.78. The number of ether oxygens (including phenoxy) is 2. The number of nitrogens with one attached hydrogen (secondary N) is 1. The summed E-state index contributed by atoms with van der Waals surface area (Å²) in [5.74, 6) is -0.194. The van der Waals surface area contributed by atoms with Gasteiger partial charge >= 0.3 is 12.0 Å². The Morgan fingerprint density at radius 2 is 2.04 bits per heavy atom. The summed E-state index contributed by atoms with van der Waals surface area (Å²) in [6, 6.07) is 3.73. The molecule has 1 unspecified atom stereocenters. The normalized spacial score (nSPS) is 17.6. The minimum atomic E-state index is -0.674. The third-order valence-corrected chi connectivity index (χ3v) is 3.87. The zero-order valence-electron chi connectivity index (χ0n) is 14.3. The van der Waals surface area contributed by atoms with Crippen LogP contribution in [0, 0.1) is 0 Å². The number of urea groups is 1. The number of nitrogens with zero attached hydrogens (tertiary/aromatic N) is 1. The number of allylic oxidation sites excluding steroid dienone is 1. The van der Waals surface area contributed by atoms with Crippen molar-refractivity contribution in [2.24, 2.45) is 0 Å². The Hall–Kier alpha value is -2.70. The molecule has 1 aliphatic heterocycles. The van der Waals surface area contributed by atoms with Crippen LogP contribution in [0.4, 0.5) is 4.79 Å². The fourth-order valence-electron chi connectivity index (χ4n) is 2.54. The molecular weight excluding hydrogens is 312 g/mol. The number of esters is 1. The van der Waals surface area contributed by atoms with Crippen LogP contribution in [0.3, 0.4) is 0 Å². The Bertz CT molecular complexity index is 684. The van der Waals surface area contributed by atoms with Crippen LogP contribution in [0.5, 0.6) is 11.5 Å². The van der Waals surface area contributed by atoms with E-state index in [2.05, 4.69) is 5.32 Å². The molecule has 1 aliphatic rings. The van der Waals surface area contributed by atoms with Crippen LogP contribution in [0.1, 0.15) is 32.4 Å². The van der Waals surface area contributed by atoms with Gasteiger partial charge in [-0.25, -0.2) is 9.59 Å². The van der Waals surface area contributed by atoms with Crippen molar-refractivity contribution in [3.05, 3.63) is 35.0 Å². The van der Waals surface area contributed by atoms with Gasteiger partial charge in [-0.05, 0) is 38.5 Å². The lowest BCUT2D eigenvalue weighted by molar-refractivity contribution is -0.139. The van der Waals surface area contributed by atoms with Crippen LogP contribution >= 0.6 is 0 Å². The number of phenols is 1. The third-order valence-electron chi connectivity index (χ3n) is 3.87. The lowest BCUT2D eigenvalue weighted by atomic mass is 9.94. The SMILES string of the molecule is CCOC(=O)C1=C(C)N(C)C(=O)NC1c1ccc(O)c(OCC)c1. The molecular formula is C17H22N2O5. The van der Waals surface area contributed by atoms with Gasteiger partial charge in [0.15, 0.2) is 11.5 Å². The predicted octanol–water partition coefficient (Wildman–Crippen LogP) is 2.32. The van der Waals surface area contributed by atoms with E-state index in [0.29, 0.717) is 29.2 Å². The van der Waals surface area contributed by atoms with Gasteiger partial charge in [0.1, 0.15) is 0 Å². The zero-order chi connectivity index (χ0) is 17.9. The van der Waals surface area contributed by atoms with E-state index in [-0.39, 0.29) is 18.4 Å². The molecule has 0 saturated carbocycles. The van der Waals surface area contributed by atoms with Gasteiger partial charge in [-0.1, -0.05) is 6.07 Å². The molecule has 7 nitrogen and oxygen atoms in total. The predicted molar refractivity (Wildman–Crippen MR) is 87.6 cm³/mol. The number of amides is 2. The molecule has 7 heteroatoms. The maximum Gasteiger partial charge on any atom is 0.338 e. The highest BCUT2D eigenvalue weighted by molar-refractivity contribution is 5.95. The molecule has 2 N–H and O–H groups in total. The van der Waals surface area contributed by atoms with Crippen LogP contribution in [0.2, 0.25) is 0 Å². The van der Waals surface area contributed by atoms with Gasteiger partial charge in [0, 0.05) is 12.7 Å². The van der Waals surface area contributed by atoms with E-state index in [1.807, 2.05) is 0 Å². The van der Waals surface area contributed by atoms with Crippen LogP contribution in [0.25, 0.3) is 0 Å². The van der Waals surface area contributed by atoms with E-state index in [1.165, 1.54) is 11.0 Å². The second-order valence-electron chi connectivity index (χ2n) is 5.32. The van der Waals surface area contributed by atoms with Crippen molar-refractivity contribution in [1.29, 1.82) is 0 Å². The first-order valence-electron chi connectivity index (χ1n) is 7.78. The number of benzene rings is 1. The standard InChI is InChI=1S/C17H22N2O5/c1-5-23-13-9-11(7-8-12(13)20)15-14(16(21)24-6-2)10(3)19(4)17(22)18-15/h7-9,15,20H,5-6H2,1-4H3,(H,18,22). The molecule has 0 aliphatic carbocycles. The second-order valence-corrected chi connectivity index (χ2v) is 5.32. The van der Waals surface area contributed by atoms with Crippen LogP contribution < -0.4 is 10.1 Å². The van der Waals surface area contributed by atoms with Gasteiger partial charge in [0.25, 0.3) is 0 Å². The highest BCUT2D eigenvalue weighted by atomic mass is 16.5. The van der Waals surface area contributed by atoms with Crippen molar-refractivity contribution < 1.29 is 24.2 Å². The molecule has 130 valence electrons. The molecule has 2 rings (SSSR count). The van der Waals surface area contributed by atoms with Crippen molar-refractivity contribution in [3.63, 3.8) is 0 Å². The fourth-order valence-corrected chi connectivity index (χ4v) is 2.54. The Labute approximate surface area is 140 Å². The molecule has 0 bridgehead atoms. The molecule has 2 amide bonds. The molecule has 1 atom stereocenters. The summed E-state index contributed by atoms with van der Waals surface area (Å²) < 4.78 is 10.5. The maximum absolute atomic E-state index is 12.4. The number of hydrogen-bond donors (Lipinski definition) is 2. The van der Waals surface area contributed by atoms with E-state index in [9.17, 15) is 14.7 Å².